The van der Waals surface area contributed by atoms with Gasteiger partial charge in [-0.2, -0.15) is 9.44 Å². The molecule has 14 nitrogen and oxygen atoms in total. The lowest BCUT2D eigenvalue weighted by Crippen LogP contribution is -2.60. The monoisotopic (exact) mass is 909 g/mol. The summed E-state index contributed by atoms with van der Waals surface area (Å²) in [6.45, 7) is 0. The van der Waals surface area contributed by atoms with E-state index in [1.807, 2.05) is 0 Å². The minimum atomic E-state index is -4.16. The fourth-order valence-corrected chi connectivity index (χ4v) is 6.19. The normalized spacial score (nSPS) is 12.2. The zero-order chi connectivity index (χ0) is 40.2. The first-order valence-corrected chi connectivity index (χ1v) is 19.5. The van der Waals surface area contributed by atoms with Crippen molar-refractivity contribution in [3.8, 4) is 0 Å². The van der Waals surface area contributed by atoms with E-state index < -0.39 is 40.0 Å². The van der Waals surface area contributed by atoms with Crippen LogP contribution in [0, 0.1) is 0 Å². The SMILES string of the molecule is CN(C)C=O.CN(C)C=O.CN(C)C=O.O=S(=O)(NC(NC(=S)C(=S)NC(NS(=O)(=O)c1ccccc1)C(Cl)(Cl)Cl)C(Cl)(Cl)Cl)c1ccccc1. The molecule has 0 saturated heterocycles. The molecule has 0 aliphatic carbocycles. The molecule has 51 heavy (non-hydrogen) atoms. The van der Waals surface area contributed by atoms with Crippen molar-refractivity contribution in [2.75, 3.05) is 42.3 Å². The van der Waals surface area contributed by atoms with Gasteiger partial charge < -0.3 is 25.3 Å². The van der Waals surface area contributed by atoms with E-state index in [1.54, 1.807) is 54.4 Å². The molecule has 24 heteroatoms. The molecule has 2 aromatic carbocycles. The van der Waals surface area contributed by atoms with Gasteiger partial charge >= 0.3 is 0 Å². The van der Waals surface area contributed by atoms with Gasteiger partial charge in [0, 0.05) is 42.3 Å². The maximum Gasteiger partial charge on any atom is 0.242 e. The minimum absolute atomic E-state index is 0.107. The Labute approximate surface area is 339 Å². The molecule has 0 aliphatic heterocycles. The molecule has 2 rings (SSSR count). The number of nitrogens with zero attached hydrogens (tertiary/aromatic N) is 3. The second-order valence-corrected chi connectivity index (χ2v) is 19.0. The Morgan fingerprint density at radius 2 is 0.784 bits per heavy atom. The number of carbonyl (C=O) groups is 3. The van der Waals surface area contributed by atoms with Crippen LogP contribution in [0.1, 0.15) is 0 Å². The Balaban J connectivity index is 0. The highest BCUT2D eigenvalue weighted by atomic mass is 35.6. The molecule has 288 valence electrons. The van der Waals surface area contributed by atoms with E-state index in [-0.39, 0.29) is 19.8 Å². The van der Waals surface area contributed by atoms with E-state index >= 15 is 0 Å². The highest BCUT2D eigenvalue weighted by Gasteiger charge is 2.40. The quantitative estimate of drug-likeness (QED) is 0.113. The van der Waals surface area contributed by atoms with Crippen molar-refractivity contribution < 1.29 is 31.2 Å². The lowest BCUT2D eigenvalue weighted by atomic mass is 10.4. The summed E-state index contributed by atoms with van der Waals surface area (Å²) in [7, 11) is 1.81. The molecule has 0 radical (unpaired) electrons. The summed E-state index contributed by atoms with van der Waals surface area (Å²) >= 11 is 46.0. The van der Waals surface area contributed by atoms with Gasteiger partial charge in [-0.1, -0.05) is 130 Å². The summed E-state index contributed by atoms with van der Waals surface area (Å²) in [5, 5.41) is 4.94. The fourth-order valence-electron chi connectivity index (χ4n) is 2.40. The number of amides is 3. The molecule has 0 fully saturated rings. The van der Waals surface area contributed by atoms with Gasteiger partial charge in [0.15, 0.2) is 0 Å². The van der Waals surface area contributed by atoms with Gasteiger partial charge in [0.1, 0.15) is 22.3 Å². The molecule has 2 unspecified atom stereocenters. The molecule has 0 saturated carbocycles. The van der Waals surface area contributed by atoms with Crippen molar-refractivity contribution in [1.29, 1.82) is 0 Å². The molecule has 0 spiro atoms. The average Bonchev–Trinajstić information content (AvgIpc) is 3.04. The van der Waals surface area contributed by atoms with Crippen LogP contribution in [0.4, 0.5) is 0 Å². The summed E-state index contributed by atoms with van der Waals surface area (Å²) in [6.07, 6.45) is -0.959. The maximum atomic E-state index is 12.7. The highest BCUT2D eigenvalue weighted by Crippen LogP contribution is 2.31. The predicted molar refractivity (Wildman–Crippen MR) is 212 cm³/mol. The van der Waals surface area contributed by atoms with Crippen LogP contribution in [0.15, 0.2) is 70.5 Å². The Morgan fingerprint density at radius 1 is 0.569 bits per heavy atom. The van der Waals surface area contributed by atoms with Gasteiger partial charge in [-0.25, -0.2) is 16.8 Å². The second-order valence-electron chi connectivity index (χ2n) is 9.97. The van der Waals surface area contributed by atoms with E-state index in [0.717, 1.165) is 19.2 Å². The number of carbonyl (C=O) groups excluding carboxylic acids is 3. The number of nitrogens with one attached hydrogen (secondary N) is 4. The van der Waals surface area contributed by atoms with Crippen LogP contribution in [0.5, 0.6) is 0 Å². The summed E-state index contributed by atoms with van der Waals surface area (Å²) in [6, 6.07) is 14.6. The zero-order valence-corrected chi connectivity index (χ0v) is 35.6. The molecule has 3 amide bonds. The first-order valence-electron chi connectivity index (χ1n) is 13.5. The van der Waals surface area contributed by atoms with Crippen LogP contribution < -0.4 is 20.1 Å². The molecular weight excluding hydrogens is 875 g/mol. The van der Waals surface area contributed by atoms with Crippen molar-refractivity contribution in [1.82, 2.24) is 34.8 Å². The smallest absolute Gasteiger partial charge is 0.242 e. The van der Waals surface area contributed by atoms with Gasteiger partial charge in [0.2, 0.25) is 46.9 Å². The van der Waals surface area contributed by atoms with Crippen LogP contribution in [-0.4, -0.2) is 123 Å². The fraction of sp³-hybridized carbons (Fsp3) is 0.370. The van der Waals surface area contributed by atoms with Crippen LogP contribution in [0.2, 0.25) is 0 Å². The van der Waals surface area contributed by atoms with E-state index in [1.165, 1.54) is 63.2 Å². The van der Waals surface area contributed by atoms with Crippen molar-refractivity contribution >= 4 is 143 Å². The van der Waals surface area contributed by atoms with E-state index in [0.29, 0.717) is 0 Å². The number of rotatable bonds is 11. The number of benzene rings is 2. The molecular formula is C27H37Cl6N7O7S4. The molecule has 2 atom stereocenters. The van der Waals surface area contributed by atoms with Crippen LogP contribution >= 0.6 is 94.0 Å². The maximum absolute atomic E-state index is 12.7. The first kappa shape index (κ1) is 51.3. The Morgan fingerprint density at radius 3 is 0.961 bits per heavy atom. The molecule has 0 heterocycles. The van der Waals surface area contributed by atoms with Crippen molar-refractivity contribution in [3.05, 3.63) is 60.7 Å². The van der Waals surface area contributed by atoms with Crippen LogP contribution in [-0.2, 0) is 34.4 Å². The molecule has 0 aliphatic rings. The number of halogens is 6. The zero-order valence-electron chi connectivity index (χ0n) is 27.8. The van der Waals surface area contributed by atoms with Gasteiger partial charge in [0.05, 0.1) is 9.79 Å². The standard InChI is InChI=1S/C18H16Cl6N4O4S4.3C3H7NO/c19-17(20,21)15(27-35(29,30)11-7-3-1-4-8-11)25-13(33)14(34)26-16(18(22,23)24)28-36(31,32)12-9-5-2-6-10-12;3*1-4(2)3-5/h1-10,15-16,27-28H,(H,25,33)(H,26,34);3*3H,1-2H3. The van der Waals surface area contributed by atoms with E-state index in [2.05, 4.69) is 20.1 Å². The third kappa shape index (κ3) is 23.5. The lowest BCUT2D eigenvalue weighted by Gasteiger charge is -2.30. The number of hydrogen-bond acceptors (Lipinski definition) is 9. The van der Waals surface area contributed by atoms with Crippen LogP contribution in [0.3, 0.4) is 0 Å². The third-order valence-electron chi connectivity index (χ3n) is 4.70. The van der Waals surface area contributed by atoms with Gasteiger partial charge in [-0.05, 0) is 24.3 Å². The molecule has 0 bridgehead atoms. The van der Waals surface area contributed by atoms with Gasteiger partial charge in [-0.15, -0.1) is 0 Å². The Bertz CT molecular complexity index is 1470. The molecule has 0 aromatic heterocycles. The number of alkyl halides is 6. The summed E-state index contributed by atoms with van der Waals surface area (Å²) in [5.74, 6) is 0. The summed E-state index contributed by atoms with van der Waals surface area (Å²) in [4.78, 5) is 31.7. The van der Waals surface area contributed by atoms with Gasteiger partial charge in [-0.3, -0.25) is 14.4 Å². The topological polar surface area (TPSA) is 177 Å². The Kier molecular flexibility index (Phi) is 24.6. The van der Waals surface area contributed by atoms with E-state index in [4.69, 9.17) is 94.0 Å². The first-order chi connectivity index (χ1) is 23.2. The van der Waals surface area contributed by atoms with E-state index in [9.17, 15) is 31.2 Å². The number of thiocarbonyl (C=S) groups is 2. The number of hydrogen-bond donors (Lipinski definition) is 4. The third-order valence-corrected chi connectivity index (χ3v) is 9.66. The predicted octanol–water partition coefficient (Wildman–Crippen LogP) is 3.28. The second kappa shape index (κ2) is 24.5. The number of sulfonamides is 2. The van der Waals surface area contributed by atoms with Gasteiger partial charge in [0.25, 0.3) is 0 Å². The van der Waals surface area contributed by atoms with Crippen molar-refractivity contribution in [3.63, 3.8) is 0 Å². The summed E-state index contributed by atoms with van der Waals surface area (Å²) in [5.41, 5.74) is 0. The Hall–Kier alpha value is -1.81. The minimum Gasteiger partial charge on any atom is -0.354 e. The van der Waals surface area contributed by atoms with Crippen molar-refractivity contribution in [2.45, 2.75) is 29.7 Å². The van der Waals surface area contributed by atoms with Crippen LogP contribution in [0.25, 0.3) is 0 Å². The van der Waals surface area contributed by atoms with Crippen molar-refractivity contribution in [2.24, 2.45) is 0 Å². The lowest BCUT2D eigenvalue weighted by molar-refractivity contribution is -0.116. The molecule has 2 aromatic rings. The average molecular weight is 913 g/mol. The molecule has 4 N–H and O–H groups in total. The largest absolute Gasteiger partial charge is 0.354 e. The highest BCUT2D eigenvalue weighted by molar-refractivity contribution is 7.90. The summed E-state index contributed by atoms with van der Waals surface area (Å²) < 4.78 is 50.6.